The first-order valence-electron chi connectivity index (χ1n) is 8.78. The van der Waals surface area contributed by atoms with Gasteiger partial charge in [0.2, 0.25) is 11.8 Å². The van der Waals surface area contributed by atoms with Gasteiger partial charge in [0, 0.05) is 6.04 Å². The summed E-state index contributed by atoms with van der Waals surface area (Å²) in [6.07, 6.45) is 8.70. The molecule has 0 aromatic rings. The number of hydrogen-bond donors (Lipinski definition) is 1. The van der Waals surface area contributed by atoms with E-state index in [2.05, 4.69) is 12.2 Å². The molecule has 1 heterocycles. The summed E-state index contributed by atoms with van der Waals surface area (Å²) < 4.78 is 0. The van der Waals surface area contributed by atoms with E-state index < -0.39 is 0 Å². The molecule has 2 atom stereocenters. The van der Waals surface area contributed by atoms with Crippen LogP contribution < -0.4 is 5.32 Å². The summed E-state index contributed by atoms with van der Waals surface area (Å²) in [7, 11) is 0. The molecule has 0 spiro atoms. The maximum atomic E-state index is 12.9. The lowest BCUT2D eigenvalue weighted by atomic mass is 9.82. The number of hydrogen-bond acceptors (Lipinski definition) is 2. The summed E-state index contributed by atoms with van der Waals surface area (Å²) in [5.41, 5.74) is 0. The SMILES string of the molecule is CCC1CCC(N2C(=O)C(C3CC3)NC(=O)C2CC)CC1. The number of rotatable bonds is 4. The van der Waals surface area contributed by atoms with E-state index in [1.165, 1.54) is 19.3 Å². The number of nitrogens with one attached hydrogen (secondary N) is 1. The van der Waals surface area contributed by atoms with Crippen LogP contribution in [0.2, 0.25) is 0 Å². The van der Waals surface area contributed by atoms with E-state index >= 15 is 0 Å². The van der Waals surface area contributed by atoms with Gasteiger partial charge in [-0.2, -0.15) is 0 Å². The van der Waals surface area contributed by atoms with Crippen LogP contribution in [0.15, 0.2) is 0 Å². The van der Waals surface area contributed by atoms with E-state index in [-0.39, 0.29) is 29.9 Å². The lowest BCUT2D eigenvalue weighted by molar-refractivity contribution is -0.154. The van der Waals surface area contributed by atoms with Gasteiger partial charge in [-0.05, 0) is 56.8 Å². The van der Waals surface area contributed by atoms with Gasteiger partial charge in [-0.15, -0.1) is 0 Å². The lowest BCUT2D eigenvalue weighted by Crippen LogP contribution is -2.66. The minimum absolute atomic E-state index is 0.0756. The van der Waals surface area contributed by atoms with Crippen LogP contribution in [0.25, 0.3) is 0 Å². The Morgan fingerprint density at radius 2 is 1.67 bits per heavy atom. The van der Waals surface area contributed by atoms with Crippen LogP contribution in [0.3, 0.4) is 0 Å². The zero-order valence-electron chi connectivity index (χ0n) is 13.3. The molecule has 0 radical (unpaired) electrons. The van der Waals surface area contributed by atoms with Crippen LogP contribution >= 0.6 is 0 Å². The summed E-state index contributed by atoms with van der Waals surface area (Å²) in [5, 5.41) is 2.99. The van der Waals surface area contributed by atoms with Crippen molar-refractivity contribution in [2.45, 2.75) is 83.3 Å². The molecule has 2 aliphatic carbocycles. The predicted molar refractivity (Wildman–Crippen MR) is 81.6 cm³/mol. The second kappa shape index (κ2) is 5.98. The van der Waals surface area contributed by atoms with Crippen molar-refractivity contribution in [3.05, 3.63) is 0 Å². The van der Waals surface area contributed by atoms with E-state index in [0.29, 0.717) is 5.92 Å². The number of piperazine rings is 1. The fourth-order valence-electron chi connectivity index (χ4n) is 4.15. The van der Waals surface area contributed by atoms with Crippen LogP contribution in [-0.4, -0.2) is 34.8 Å². The van der Waals surface area contributed by atoms with Crippen molar-refractivity contribution in [1.82, 2.24) is 10.2 Å². The molecule has 2 amide bonds. The largest absolute Gasteiger partial charge is 0.342 e. The smallest absolute Gasteiger partial charge is 0.246 e. The molecule has 2 saturated carbocycles. The van der Waals surface area contributed by atoms with Crippen molar-refractivity contribution in [2.24, 2.45) is 11.8 Å². The number of amides is 2. The zero-order chi connectivity index (χ0) is 15.0. The Morgan fingerprint density at radius 1 is 1.00 bits per heavy atom. The molecule has 1 aliphatic heterocycles. The highest BCUT2D eigenvalue weighted by Gasteiger charge is 2.48. The van der Waals surface area contributed by atoms with Crippen molar-refractivity contribution in [3.8, 4) is 0 Å². The highest BCUT2D eigenvalue weighted by molar-refractivity contribution is 5.97. The van der Waals surface area contributed by atoms with Crippen LogP contribution in [-0.2, 0) is 9.59 Å². The molecule has 3 rings (SSSR count). The first-order valence-corrected chi connectivity index (χ1v) is 8.78. The maximum absolute atomic E-state index is 12.9. The molecule has 118 valence electrons. The molecular formula is C17H28N2O2. The molecule has 2 unspecified atom stereocenters. The molecular weight excluding hydrogens is 264 g/mol. The van der Waals surface area contributed by atoms with Crippen LogP contribution in [0.5, 0.6) is 0 Å². The molecule has 3 fully saturated rings. The standard InChI is InChI=1S/C17H28N2O2/c1-3-11-5-9-13(10-6-11)19-14(4-2)16(20)18-15(17(19)21)12-7-8-12/h11-15H,3-10H2,1-2H3,(H,18,20). The topological polar surface area (TPSA) is 49.4 Å². The predicted octanol–water partition coefficient (Wildman–Crippen LogP) is 2.47. The Labute approximate surface area is 127 Å². The monoisotopic (exact) mass is 292 g/mol. The molecule has 0 aromatic heterocycles. The molecule has 1 N–H and O–H groups in total. The Bertz CT molecular complexity index is 411. The first-order chi connectivity index (χ1) is 10.2. The van der Waals surface area contributed by atoms with Gasteiger partial charge in [-0.1, -0.05) is 20.3 Å². The third-order valence-corrected chi connectivity index (χ3v) is 5.72. The summed E-state index contributed by atoms with van der Waals surface area (Å²) in [5.74, 6) is 1.48. The van der Waals surface area contributed by atoms with Crippen LogP contribution in [0.1, 0.15) is 65.2 Å². The molecule has 4 heteroatoms. The van der Waals surface area contributed by atoms with Crippen molar-refractivity contribution < 1.29 is 9.59 Å². The normalized spacial score (nSPS) is 37.5. The molecule has 4 nitrogen and oxygen atoms in total. The first kappa shape index (κ1) is 14.9. The quantitative estimate of drug-likeness (QED) is 0.865. The van der Waals surface area contributed by atoms with Gasteiger partial charge in [-0.25, -0.2) is 0 Å². The van der Waals surface area contributed by atoms with E-state index in [1.807, 2.05) is 11.8 Å². The van der Waals surface area contributed by atoms with Gasteiger partial charge in [-0.3, -0.25) is 9.59 Å². The average Bonchev–Trinajstić information content (AvgIpc) is 3.33. The van der Waals surface area contributed by atoms with Crippen LogP contribution in [0.4, 0.5) is 0 Å². The van der Waals surface area contributed by atoms with Crippen molar-refractivity contribution in [3.63, 3.8) is 0 Å². The second-order valence-electron chi connectivity index (χ2n) is 7.08. The Morgan fingerprint density at radius 3 is 2.19 bits per heavy atom. The summed E-state index contributed by atoms with van der Waals surface area (Å²) in [6, 6.07) is -0.183. The minimum Gasteiger partial charge on any atom is -0.342 e. The van der Waals surface area contributed by atoms with E-state index in [0.717, 1.165) is 38.0 Å². The maximum Gasteiger partial charge on any atom is 0.246 e. The highest BCUT2D eigenvalue weighted by Crippen LogP contribution is 2.38. The third-order valence-electron chi connectivity index (χ3n) is 5.72. The van der Waals surface area contributed by atoms with E-state index in [4.69, 9.17) is 0 Å². The van der Waals surface area contributed by atoms with Crippen molar-refractivity contribution in [2.75, 3.05) is 0 Å². The fraction of sp³-hybridized carbons (Fsp3) is 0.882. The third kappa shape index (κ3) is 2.82. The van der Waals surface area contributed by atoms with Gasteiger partial charge < -0.3 is 10.2 Å². The number of nitrogens with zero attached hydrogens (tertiary/aromatic N) is 1. The fourth-order valence-corrected chi connectivity index (χ4v) is 4.15. The van der Waals surface area contributed by atoms with Crippen molar-refractivity contribution >= 4 is 11.8 Å². The second-order valence-corrected chi connectivity index (χ2v) is 7.08. The summed E-state index contributed by atoms with van der Waals surface area (Å²) >= 11 is 0. The Kier molecular flexibility index (Phi) is 4.23. The number of carbonyl (C=O) groups is 2. The van der Waals surface area contributed by atoms with E-state index in [9.17, 15) is 9.59 Å². The van der Waals surface area contributed by atoms with Gasteiger partial charge in [0.25, 0.3) is 0 Å². The van der Waals surface area contributed by atoms with E-state index in [1.54, 1.807) is 0 Å². The van der Waals surface area contributed by atoms with Gasteiger partial charge in [0.15, 0.2) is 0 Å². The zero-order valence-corrected chi connectivity index (χ0v) is 13.3. The molecule has 0 aromatic carbocycles. The Hall–Kier alpha value is -1.06. The lowest BCUT2D eigenvalue weighted by Gasteiger charge is -2.45. The highest BCUT2D eigenvalue weighted by atomic mass is 16.2. The number of carbonyl (C=O) groups excluding carboxylic acids is 2. The molecule has 1 saturated heterocycles. The summed E-state index contributed by atoms with van der Waals surface area (Å²) in [4.78, 5) is 27.2. The molecule has 21 heavy (non-hydrogen) atoms. The van der Waals surface area contributed by atoms with Gasteiger partial charge in [0.1, 0.15) is 12.1 Å². The Balaban J connectivity index is 1.75. The molecule has 3 aliphatic rings. The summed E-state index contributed by atoms with van der Waals surface area (Å²) in [6.45, 7) is 4.27. The van der Waals surface area contributed by atoms with Crippen molar-refractivity contribution in [1.29, 1.82) is 0 Å². The van der Waals surface area contributed by atoms with Crippen LogP contribution in [0, 0.1) is 11.8 Å². The molecule has 0 bridgehead atoms. The average molecular weight is 292 g/mol. The minimum atomic E-state index is -0.240. The van der Waals surface area contributed by atoms with Gasteiger partial charge >= 0.3 is 0 Å². The van der Waals surface area contributed by atoms with Gasteiger partial charge in [0.05, 0.1) is 0 Å².